The van der Waals surface area contributed by atoms with Gasteiger partial charge in [-0.3, -0.25) is 0 Å². The molecule has 17 heavy (non-hydrogen) atoms. The SMILES string of the molecule is COCCN(CC(C)C)CC1(CN)CCOC1. The van der Waals surface area contributed by atoms with E-state index >= 15 is 0 Å². The van der Waals surface area contributed by atoms with Crippen molar-refractivity contribution in [3.05, 3.63) is 0 Å². The van der Waals surface area contributed by atoms with Crippen LogP contribution in [0.5, 0.6) is 0 Å². The number of hydrogen-bond donors (Lipinski definition) is 1. The summed E-state index contributed by atoms with van der Waals surface area (Å²) in [7, 11) is 1.75. The number of nitrogens with two attached hydrogens (primary N) is 1. The highest BCUT2D eigenvalue weighted by molar-refractivity contribution is 4.87. The third-order valence-electron chi connectivity index (χ3n) is 3.41. The maximum absolute atomic E-state index is 5.94. The van der Waals surface area contributed by atoms with E-state index in [1.165, 1.54) is 0 Å². The normalized spacial score (nSPS) is 25.1. The van der Waals surface area contributed by atoms with Crippen LogP contribution < -0.4 is 5.73 Å². The predicted octanol–water partition coefficient (Wildman–Crippen LogP) is 0.956. The molecule has 1 atom stereocenters. The molecule has 102 valence electrons. The van der Waals surface area contributed by atoms with Crippen molar-refractivity contribution >= 4 is 0 Å². The molecule has 1 fully saturated rings. The summed E-state index contributed by atoms with van der Waals surface area (Å²) >= 11 is 0. The summed E-state index contributed by atoms with van der Waals surface area (Å²) in [5.74, 6) is 0.670. The first-order valence-electron chi connectivity index (χ1n) is 6.61. The average Bonchev–Trinajstić information content (AvgIpc) is 2.74. The van der Waals surface area contributed by atoms with Crippen LogP contribution in [-0.4, -0.2) is 58.0 Å². The van der Waals surface area contributed by atoms with E-state index in [1.54, 1.807) is 7.11 Å². The zero-order chi connectivity index (χ0) is 12.7. The highest BCUT2D eigenvalue weighted by atomic mass is 16.5. The first kappa shape index (κ1) is 14.9. The lowest BCUT2D eigenvalue weighted by molar-refractivity contribution is 0.0852. The fourth-order valence-corrected chi connectivity index (χ4v) is 2.45. The molecule has 1 unspecified atom stereocenters. The Morgan fingerprint density at radius 3 is 2.71 bits per heavy atom. The lowest BCUT2D eigenvalue weighted by atomic mass is 9.86. The van der Waals surface area contributed by atoms with Crippen molar-refractivity contribution in [2.75, 3.05) is 53.1 Å². The fraction of sp³-hybridized carbons (Fsp3) is 1.00. The molecular weight excluding hydrogens is 216 g/mol. The summed E-state index contributed by atoms with van der Waals surface area (Å²) in [5, 5.41) is 0. The highest BCUT2D eigenvalue weighted by Gasteiger charge is 2.35. The van der Waals surface area contributed by atoms with Gasteiger partial charge in [0.1, 0.15) is 0 Å². The standard InChI is InChI=1S/C13H28N2O2/c1-12(2)8-15(5-7-16-3)10-13(9-14)4-6-17-11-13/h12H,4-11,14H2,1-3H3. The number of methoxy groups -OCH3 is 1. The second-order valence-electron chi connectivity index (χ2n) is 5.63. The molecule has 0 saturated carbocycles. The summed E-state index contributed by atoms with van der Waals surface area (Å²) < 4.78 is 10.7. The summed E-state index contributed by atoms with van der Waals surface area (Å²) in [6.07, 6.45) is 1.09. The van der Waals surface area contributed by atoms with Gasteiger partial charge in [0.2, 0.25) is 0 Å². The van der Waals surface area contributed by atoms with Gasteiger partial charge in [0.05, 0.1) is 13.2 Å². The largest absolute Gasteiger partial charge is 0.383 e. The molecule has 4 nitrogen and oxygen atoms in total. The lowest BCUT2D eigenvalue weighted by Crippen LogP contribution is -2.45. The van der Waals surface area contributed by atoms with Crippen LogP contribution in [0.15, 0.2) is 0 Å². The molecule has 0 aromatic heterocycles. The highest BCUT2D eigenvalue weighted by Crippen LogP contribution is 2.28. The van der Waals surface area contributed by atoms with E-state index < -0.39 is 0 Å². The molecule has 1 aliphatic heterocycles. The quantitative estimate of drug-likeness (QED) is 0.691. The van der Waals surface area contributed by atoms with E-state index in [4.69, 9.17) is 15.2 Å². The molecule has 1 heterocycles. The first-order chi connectivity index (χ1) is 8.12. The van der Waals surface area contributed by atoms with Gasteiger partial charge in [0, 0.05) is 45.3 Å². The van der Waals surface area contributed by atoms with Crippen LogP contribution in [0.2, 0.25) is 0 Å². The number of rotatable bonds is 8. The molecule has 1 aliphatic rings. The maximum atomic E-state index is 5.94. The monoisotopic (exact) mass is 244 g/mol. The number of nitrogens with zero attached hydrogens (tertiary/aromatic N) is 1. The van der Waals surface area contributed by atoms with Gasteiger partial charge in [0.15, 0.2) is 0 Å². The van der Waals surface area contributed by atoms with Gasteiger partial charge in [-0.1, -0.05) is 13.8 Å². The third kappa shape index (κ3) is 4.92. The maximum Gasteiger partial charge on any atom is 0.0589 e. The molecule has 4 heteroatoms. The van der Waals surface area contributed by atoms with Crippen LogP contribution in [0, 0.1) is 11.3 Å². The van der Waals surface area contributed by atoms with Crippen LogP contribution in [-0.2, 0) is 9.47 Å². The number of hydrogen-bond acceptors (Lipinski definition) is 4. The van der Waals surface area contributed by atoms with Crippen LogP contribution in [0.4, 0.5) is 0 Å². The van der Waals surface area contributed by atoms with E-state index in [0.29, 0.717) is 12.5 Å². The third-order valence-corrected chi connectivity index (χ3v) is 3.41. The van der Waals surface area contributed by atoms with Crippen LogP contribution in [0.3, 0.4) is 0 Å². The first-order valence-corrected chi connectivity index (χ1v) is 6.61. The van der Waals surface area contributed by atoms with Crippen LogP contribution in [0.1, 0.15) is 20.3 Å². The van der Waals surface area contributed by atoms with E-state index in [-0.39, 0.29) is 5.41 Å². The summed E-state index contributed by atoms with van der Waals surface area (Å²) in [6.45, 7) is 10.8. The molecular formula is C13H28N2O2. The fourth-order valence-electron chi connectivity index (χ4n) is 2.45. The van der Waals surface area contributed by atoms with E-state index in [2.05, 4.69) is 18.7 Å². The molecule has 0 aromatic rings. The Labute approximate surface area is 105 Å². The Balaban J connectivity index is 2.50. The predicted molar refractivity (Wildman–Crippen MR) is 70.1 cm³/mol. The molecule has 1 rings (SSSR count). The van der Waals surface area contributed by atoms with E-state index in [0.717, 1.165) is 45.9 Å². The van der Waals surface area contributed by atoms with Crippen molar-refractivity contribution < 1.29 is 9.47 Å². The topological polar surface area (TPSA) is 47.7 Å². The van der Waals surface area contributed by atoms with Gasteiger partial charge in [-0.25, -0.2) is 0 Å². The lowest BCUT2D eigenvalue weighted by Gasteiger charge is -2.34. The summed E-state index contributed by atoms with van der Waals surface area (Å²) in [4.78, 5) is 2.47. The molecule has 0 spiro atoms. The van der Waals surface area contributed by atoms with Crippen molar-refractivity contribution in [3.63, 3.8) is 0 Å². The summed E-state index contributed by atoms with van der Waals surface area (Å²) in [6, 6.07) is 0. The summed E-state index contributed by atoms with van der Waals surface area (Å²) in [5.41, 5.74) is 6.11. The van der Waals surface area contributed by atoms with Crippen molar-refractivity contribution in [2.24, 2.45) is 17.1 Å². The van der Waals surface area contributed by atoms with Gasteiger partial charge in [-0.2, -0.15) is 0 Å². The van der Waals surface area contributed by atoms with Gasteiger partial charge in [-0.05, 0) is 12.3 Å². The Bertz CT molecular complexity index is 204. The Morgan fingerprint density at radius 1 is 1.47 bits per heavy atom. The van der Waals surface area contributed by atoms with Crippen LogP contribution in [0.25, 0.3) is 0 Å². The molecule has 2 N–H and O–H groups in total. The van der Waals surface area contributed by atoms with E-state index in [1.807, 2.05) is 0 Å². The van der Waals surface area contributed by atoms with Gasteiger partial charge < -0.3 is 20.1 Å². The van der Waals surface area contributed by atoms with Gasteiger partial charge in [0.25, 0.3) is 0 Å². The zero-order valence-corrected chi connectivity index (χ0v) is 11.6. The molecule has 0 bridgehead atoms. The van der Waals surface area contributed by atoms with Gasteiger partial charge >= 0.3 is 0 Å². The minimum absolute atomic E-state index is 0.169. The van der Waals surface area contributed by atoms with Crippen molar-refractivity contribution in [3.8, 4) is 0 Å². The second-order valence-corrected chi connectivity index (χ2v) is 5.63. The average molecular weight is 244 g/mol. The van der Waals surface area contributed by atoms with Gasteiger partial charge in [-0.15, -0.1) is 0 Å². The van der Waals surface area contributed by atoms with Crippen molar-refractivity contribution in [1.29, 1.82) is 0 Å². The zero-order valence-electron chi connectivity index (χ0n) is 11.6. The molecule has 0 amide bonds. The molecule has 0 aliphatic carbocycles. The van der Waals surface area contributed by atoms with E-state index in [9.17, 15) is 0 Å². The number of ether oxygens (including phenoxy) is 2. The smallest absolute Gasteiger partial charge is 0.0589 e. The Morgan fingerprint density at radius 2 is 2.24 bits per heavy atom. The van der Waals surface area contributed by atoms with Crippen LogP contribution >= 0.6 is 0 Å². The molecule has 0 aromatic carbocycles. The minimum atomic E-state index is 0.169. The van der Waals surface area contributed by atoms with Crippen molar-refractivity contribution in [2.45, 2.75) is 20.3 Å². The second kappa shape index (κ2) is 7.31. The molecule has 1 saturated heterocycles. The Kier molecular flexibility index (Phi) is 6.41. The minimum Gasteiger partial charge on any atom is -0.383 e. The van der Waals surface area contributed by atoms with Crippen molar-refractivity contribution in [1.82, 2.24) is 4.90 Å². The Hall–Kier alpha value is -0.160. The molecule has 0 radical (unpaired) electrons.